The number of urea groups is 1. The average molecular weight is 342 g/mol. The zero-order chi connectivity index (χ0) is 17.5. The number of aromatic nitrogens is 1. The molecule has 3 rings (SSSR count). The summed E-state index contributed by atoms with van der Waals surface area (Å²) < 4.78 is 5.33. The Hall–Kier alpha value is -2.50. The first-order chi connectivity index (χ1) is 12.3. The van der Waals surface area contributed by atoms with Gasteiger partial charge >= 0.3 is 6.03 Å². The third-order valence-electron chi connectivity index (χ3n) is 4.53. The van der Waals surface area contributed by atoms with Crippen LogP contribution >= 0.6 is 0 Å². The van der Waals surface area contributed by atoms with E-state index in [4.69, 9.17) is 4.42 Å². The maximum absolute atomic E-state index is 12.4. The third kappa shape index (κ3) is 4.75. The van der Waals surface area contributed by atoms with Crippen LogP contribution < -0.4 is 10.2 Å². The van der Waals surface area contributed by atoms with Crippen LogP contribution in [0.15, 0.2) is 41.1 Å². The Kier molecular flexibility index (Phi) is 5.93. The molecule has 2 amide bonds. The summed E-state index contributed by atoms with van der Waals surface area (Å²) in [6.07, 6.45) is 7.20. The maximum Gasteiger partial charge on any atom is 0.318 e. The van der Waals surface area contributed by atoms with Crippen LogP contribution in [0.1, 0.15) is 37.5 Å². The molecule has 0 atom stereocenters. The lowest BCUT2D eigenvalue weighted by Crippen LogP contribution is -2.39. The molecule has 6 nitrogen and oxygen atoms in total. The minimum Gasteiger partial charge on any atom is -0.467 e. The van der Waals surface area contributed by atoms with Gasteiger partial charge in [0.05, 0.1) is 12.8 Å². The number of carbonyl (C=O) groups is 1. The number of anilines is 1. The van der Waals surface area contributed by atoms with Crippen molar-refractivity contribution in [2.45, 2.75) is 39.3 Å². The SMILES string of the molecule is CCN(Cc1ccco1)C(=O)NCc1ccnc(N2CCCCC2)c1. The largest absolute Gasteiger partial charge is 0.467 e. The van der Waals surface area contributed by atoms with Crippen molar-refractivity contribution in [1.29, 1.82) is 0 Å². The summed E-state index contributed by atoms with van der Waals surface area (Å²) in [5.41, 5.74) is 1.07. The topological polar surface area (TPSA) is 61.6 Å². The molecule has 0 unspecified atom stereocenters. The van der Waals surface area contributed by atoms with Crippen molar-refractivity contribution in [3.8, 4) is 0 Å². The molecule has 2 aromatic heterocycles. The fourth-order valence-corrected chi connectivity index (χ4v) is 3.07. The van der Waals surface area contributed by atoms with Crippen molar-refractivity contribution in [2.24, 2.45) is 0 Å². The smallest absolute Gasteiger partial charge is 0.318 e. The highest BCUT2D eigenvalue weighted by Gasteiger charge is 2.15. The van der Waals surface area contributed by atoms with Gasteiger partial charge in [0.25, 0.3) is 0 Å². The van der Waals surface area contributed by atoms with Gasteiger partial charge < -0.3 is 19.5 Å². The van der Waals surface area contributed by atoms with E-state index in [9.17, 15) is 4.79 Å². The first kappa shape index (κ1) is 17.3. The van der Waals surface area contributed by atoms with Gasteiger partial charge in [-0.2, -0.15) is 0 Å². The molecule has 25 heavy (non-hydrogen) atoms. The zero-order valence-electron chi connectivity index (χ0n) is 14.8. The van der Waals surface area contributed by atoms with E-state index >= 15 is 0 Å². The number of hydrogen-bond acceptors (Lipinski definition) is 4. The normalized spacial score (nSPS) is 14.4. The molecule has 134 valence electrons. The summed E-state index contributed by atoms with van der Waals surface area (Å²) in [7, 11) is 0. The average Bonchev–Trinajstić information content (AvgIpc) is 3.18. The number of rotatable bonds is 6. The Morgan fingerprint density at radius 1 is 1.32 bits per heavy atom. The molecule has 1 aliphatic rings. The Morgan fingerprint density at radius 3 is 2.88 bits per heavy atom. The standard InChI is InChI=1S/C19H26N4O2/c1-2-22(15-17-7-6-12-25-17)19(24)21-14-16-8-9-20-18(13-16)23-10-4-3-5-11-23/h6-9,12-13H,2-5,10-11,14-15H2,1H3,(H,21,24). The first-order valence-electron chi connectivity index (χ1n) is 9.01. The van der Waals surface area contributed by atoms with E-state index in [1.807, 2.05) is 31.3 Å². The minimum atomic E-state index is -0.0877. The molecule has 6 heteroatoms. The Morgan fingerprint density at radius 2 is 2.16 bits per heavy atom. The van der Waals surface area contributed by atoms with Crippen LogP contribution in [0.2, 0.25) is 0 Å². The van der Waals surface area contributed by atoms with Gasteiger partial charge in [0.1, 0.15) is 11.6 Å². The number of pyridine rings is 1. The highest BCUT2D eigenvalue weighted by Crippen LogP contribution is 2.18. The molecule has 0 aliphatic carbocycles. The Balaban J connectivity index is 1.55. The summed E-state index contributed by atoms with van der Waals surface area (Å²) in [6, 6.07) is 7.66. The van der Waals surface area contributed by atoms with Crippen LogP contribution in [0.5, 0.6) is 0 Å². The van der Waals surface area contributed by atoms with E-state index in [1.54, 1.807) is 11.2 Å². The van der Waals surface area contributed by atoms with Crippen LogP contribution in [0.3, 0.4) is 0 Å². The molecule has 1 aliphatic heterocycles. The van der Waals surface area contributed by atoms with Crippen LogP contribution in [0, 0.1) is 0 Å². The van der Waals surface area contributed by atoms with Gasteiger partial charge in [0, 0.05) is 32.4 Å². The molecule has 1 N–H and O–H groups in total. The molecule has 0 bridgehead atoms. The summed E-state index contributed by atoms with van der Waals surface area (Å²) in [5, 5.41) is 2.99. The Labute approximate surface area is 148 Å². The fourth-order valence-electron chi connectivity index (χ4n) is 3.07. The molecule has 1 fully saturated rings. The molecule has 2 aromatic rings. The second-order valence-electron chi connectivity index (χ2n) is 6.32. The summed E-state index contributed by atoms with van der Waals surface area (Å²) in [5.74, 6) is 1.79. The molecular weight excluding hydrogens is 316 g/mol. The molecular formula is C19H26N4O2. The lowest BCUT2D eigenvalue weighted by molar-refractivity contribution is 0.193. The number of nitrogens with zero attached hydrogens (tertiary/aromatic N) is 3. The molecule has 0 aromatic carbocycles. The second-order valence-corrected chi connectivity index (χ2v) is 6.32. The lowest BCUT2D eigenvalue weighted by atomic mass is 10.1. The number of piperidine rings is 1. The van der Waals surface area contributed by atoms with Crippen LogP contribution in [-0.4, -0.2) is 35.5 Å². The van der Waals surface area contributed by atoms with Crippen molar-refractivity contribution in [1.82, 2.24) is 15.2 Å². The maximum atomic E-state index is 12.4. The highest BCUT2D eigenvalue weighted by molar-refractivity contribution is 5.74. The summed E-state index contributed by atoms with van der Waals surface area (Å²) in [6.45, 7) is 5.69. The predicted octanol–water partition coefficient (Wildman–Crippen LogP) is 3.40. The van der Waals surface area contributed by atoms with E-state index in [0.29, 0.717) is 19.6 Å². The highest BCUT2D eigenvalue weighted by atomic mass is 16.3. The van der Waals surface area contributed by atoms with E-state index in [0.717, 1.165) is 30.2 Å². The first-order valence-corrected chi connectivity index (χ1v) is 9.01. The fraction of sp³-hybridized carbons (Fsp3) is 0.474. The molecule has 0 radical (unpaired) electrons. The van der Waals surface area contributed by atoms with E-state index in [1.165, 1.54) is 19.3 Å². The van der Waals surface area contributed by atoms with Crippen molar-refractivity contribution >= 4 is 11.8 Å². The summed E-state index contributed by atoms with van der Waals surface area (Å²) >= 11 is 0. The number of nitrogens with one attached hydrogen (secondary N) is 1. The zero-order valence-corrected chi connectivity index (χ0v) is 14.8. The van der Waals surface area contributed by atoms with Crippen molar-refractivity contribution in [3.05, 3.63) is 48.0 Å². The second kappa shape index (κ2) is 8.55. The van der Waals surface area contributed by atoms with Crippen molar-refractivity contribution in [3.63, 3.8) is 0 Å². The van der Waals surface area contributed by atoms with Gasteiger partial charge in [-0.15, -0.1) is 0 Å². The van der Waals surface area contributed by atoms with E-state index in [-0.39, 0.29) is 6.03 Å². The molecule has 3 heterocycles. The van der Waals surface area contributed by atoms with Gasteiger partial charge in [-0.1, -0.05) is 0 Å². The number of carbonyl (C=O) groups excluding carboxylic acids is 1. The Bertz CT molecular complexity index is 666. The van der Waals surface area contributed by atoms with Gasteiger partial charge in [-0.3, -0.25) is 0 Å². The quantitative estimate of drug-likeness (QED) is 0.874. The monoisotopic (exact) mass is 342 g/mol. The molecule has 1 saturated heterocycles. The van der Waals surface area contributed by atoms with Gasteiger partial charge in [-0.25, -0.2) is 9.78 Å². The van der Waals surface area contributed by atoms with Gasteiger partial charge in [0.15, 0.2) is 0 Å². The van der Waals surface area contributed by atoms with Gasteiger partial charge in [0.2, 0.25) is 0 Å². The van der Waals surface area contributed by atoms with E-state index < -0.39 is 0 Å². The molecule has 0 saturated carbocycles. The number of hydrogen-bond donors (Lipinski definition) is 1. The van der Waals surface area contributed by atoms with E-state index in [2.05, 4.69) is 21.3 Å². The van der Waals surface area contributed by atoms with Crippen LogP contribution in [0.4, 0.5) is 10.6 Å². The van der Waals surface area contributed by atoms with Crippen molar-refractivity contribution < 1.29 is 9.21 Å². The van der Waals surface area contributed by atoms with Crippen molar-refractivity contribution in [2.75, 3.05) is 24.5 Å². The minimum absolute atomic E-state index is 0.0877. The number of furan rings is 1. The van der Waals surface area contributed by atoms with Gasteiger partial charge in [-0.05, 0) is 56.0 Å². The predicted molar refractivity (Wildman–Crippen MR) is 97.3 cm³/mol. The summed E-state index contributed by atoms with van der Waals surface area (Å²) in [4.78, 5) is 20.9. The lowest BCUT2D eigenvalue weighted by Gasteiger charge is -2.28. The molecule has 0 spiro atoms. The van der Waals surface area contributed by atoms with Crippen LogP contribution in [-0.2, 0) is 13.1 Å². The number of amides is 2. The van der Waals surface area contributed by atoms with Crippen LogP contribution in [0.25, 0.3) is 0 Å². The third-order valence-corrected chi connectivity index (χ3v) is 4.53.